The fourth-order valence-electron chi connectivity index (χ4n) is 4.06. The third-order valence-corrected chi connectivity index (χ3v) is 5.11. The predicted octanol–water partition coefficient (Wildman–Crippen LogP) is 0.575. The molecule has 2 bridgehead atoms. The number of piperidine rings is 3. The fourth-order valence-corrected chi connectivity index (χ4v) is 4.06. The van der Waals surface area contributed by atoms with Gasteiger partial charge in [-0.2, -0.15) is 0 Å². The van der Waals surface area contributed by atoms with Gasteiger partial charge < -0.3 is 10.2 Å². The molecule has 4 heterocycles. The minimum absolute atomic E-state index is 0.150. The second-order valence-electron chi connectivity index (χ2n) is 7.87. The van der Waals surface area contributed by atoms with E-state index in [2.05, 4.69) is 25.4 Å². The first kappa shape index (κ1) is 17.4. The van der Waals surface area contributed by atoms with Crippen LogP contribution in [0.4, 0.5) is 0 Å². The van der Waals surface area contributed by atoms with Crippen molar-refractivity contribution in [2.24, 2.45) is 11.8 Å². The molecule has 1 N–H and O–H groups in total. The first-order valence-corrected chi connectivity index (χ1v) is 9.00. The Morgan fingerprint density at radius 2 is 2.25 bits per heavy atom. The maximum absolute atomic E-state index is 12.4. The fraction of sp³-hybridized carbons (Fsp3) is 0.824. The zero-order valence-corrected chi connectivity index (χ0v) is 15.3. The SMILES string of the molecule is CC(C)NC(=O)C1CN2CCC1CC2Cn1cc(CN(C)C)nn1. The maximum Gasteiger partial charge on any atom is 0.224 e. The zero-order chi connectivity index (χ0) is 17.3. The van der Waals surface area contributed by atoms with Crippen LogP contribution in [-0.2, 0) is 17.9 Å². The van der Waals surface area contributed by atoms with Gasteiger partial charge in [-0.05, 0) is 53.2 Å². The van der Waals surface area contributed by atoms with E-state index in [4.69, 9.17) is 0 Å². The van der Waals surface area contributed by atoms with Crippen LogP contribution < -0.4 is 5.32 Å². The Kier molecular flexibility index (Phi) is 5.20. The summed E-state index contributed by atoms with van der Waals surface area (Å²) in [5.74, 6) is 0.883. The highest BCUT2D eigenvalue weighted by molar-refractivity contribution is 5.79. The minimum atomic E-state index is 0.150. The molecule has 4 unspecified atom stereocenters. The van der Waals surface area contributed by atoms with E-state index >= 15 is 0 Å². The summed E-state index contributed by atoms with van der Waals surface area (Å²) in [5.41, 5.74) is 1.00. The van der Waals surface area contributed by atoms with Gasteiger partial charge >= 0.3 is 0 Å². The summed E-state index contributed by atoms with van der Waals surface area (Å²) in [5, 5.41) is 11.6. The van der Waals surface area contributed by atoms with Crippen molar-refractivity contribution in [1.29, 1.82) is 0 Å². The lowest BCUT2D eigenvalue weighted by molar-refractivity contribution is -0.133. The molecule has 4 rings (SSSR count). The molecule has 3 aliphatic rings. The Bertz CT molecular complexity index is 569. The summed E-state index contributed by atoms with van der Waals surface area (Å²) in [7, 11) is 4.07. The number of nitrogens with one attached hydrogen (secondary N) is 1. The van der Waals surface area contributed by atoms with E-state index in [1.54, 1.807) is 0 Å². The lowest BCUT2D eigenvalue weighted by Gasteiger charge is -2.49. The molecule has 134 valence electrons. The van der Waals surface area contributed by atoms with Gasteiger partial charge in [0.15, 0.2) is 0 Å². The van der Waals surface area contributed by atoms with Gasteiger partial charge in [0.05, 0.1) is 18.2 Å². The Morgan fingerprint density at radius 1 is 1.46 bits per heavy atom. The van der Waals surface area contributed by atoms with Crippen LogP contribution in [0, 0.1) is 11.8 Å². The topological polar surface area (TPSA) is 66.3 Å². The van der Waals surface area contributed by atoms with E-state index in [-0.39, 0.29) is 17.9 Å². The van der Waals surface area contributed by atoms with Crippen LogP contribution in [0.25, 0.3) is 0 Å². The Hall–Kier alpha value is -1.47. The van der Waals surface area contributed by atoms with Gasteiger partial charge in [-0.15, -0.1) is 5.10 Å². The lowest BCUT2D eigenvalue weighted by Crippen LogP contribution is -2.58. The van der Waals surface area contributed by atoms with Gasteiger partial charge in [0, 0.05) is 31.4 Å². The average Bonchev–Trinajstić information content (AvgIpc) is 2.93. The number of amides is 1. The monoisotopic (exact) mass is 334 g/mol. The number of hydrogen-bond acceptors (Lipinski definition) is 5. The van der Waals surface area contributed by atoms with Crippen LogP contribution >= 0.6 is 0 Å². The molecule has 7 nitrogen and oxygen atoms in total. The molecule has 0 saturated carbocycles. The highest BCUT2D eigenvalue weighted by atomic mass is 16.2. The van der Waals surface area contributed by atoms with Crippen LogP contribution in [0.1, 0.15) is 32.4 Å². The second kappa shape index (κ2) is 7.19. The van der Waals surface area contributed by atoms with Crippen LogP contribution in [0.2, 0.25) is 0 Å². The van der Waals surface area contributed by atoms with Crippen LogP contribution in [0.3, 0.4) is 0 Å². The van der Waals surface area contributed by atoms with E-state index < -0.39 is 0 Å². The Labute approximate surface area is 144 Å². The molecule has 1 amide bonds. The number of aromatic nitrogens is 3. The molecule has 0 aliphatic carbocycles. The highest BCUT2D eigenvalue weighted by Gasteiger charge is 2.43. The van der Waals surface area contributed by atoms with Crippen LogP contribution in [-0.4, -0.2) is 70.0 Å². The molecule has 3 aliphatic heterocycles. The molecular formula is C17H30N6O. The lowest BCUT2D eigenvalue weighted by atomic mass is 9.75. The average molecular weight is 334 g/mol. The van der Waals surface area contributed by atoms with Crippen LogP contribution in [0.5, 0.6) is 0 Å². The van der Waals surface area contributed by atoms with Gasteiger partial charge in [0.25, 0.3) is 0 Å². The summed E-state index contributed by atoms with van der Waals surface area (Å²) in [6.45, 7) is 7.72. The molecule has 1 aromatic heterocycles. The van der Waals surface area contributed by atoms with Gasteiger partial charge in [0.1, 0.15) is 0 Å². The first-order chi connectivity index (χ1) is 11.4. The maximum atomic E-state index is 12.4. The highest BCUT2D eigenvalue weighted by Crippen LogP contribution is 2.36. The van der Waals surface area contributed by atoms with Crippen molar-refractivity contribution in [2.75, 3.05) is 27.2 Å². The van der Waals surface area contributed by atoms with Crippen molar-refractivity contribution < 1.29 is 4.79 Å². The summed E-state index contributed by atoms with van der Waals surface area (Å²) in [6, 6.07) is 0.690. The molecule has 1 aromatic rings. The molecule has 4 atom stereocenters. The number of carbonyl (C=O) groups is 1. The minimum Gasteiger partial charge on any atom is -0.354 e. The summed E-state index contributed by atoms with van der Waals surface area (Å²) < 4.78 is 1.97. The molecule has 3 fully saturated rings. The van der Waals surface area contributed by atoms with E-state index in [1.807, 2.05) is 38.8 Å². The number of hydrogen-bond donors (Lipinski definition) is 1. The molecule has 0 spiro atoms. The molecule has 7 heteroatoms. The molecule has 3 saturated heterocycles. The summed E-state index contributed by atoms with van der Waals surface area (Å²) in [6.07, 6.45) is 4.27. The van der Waals surface area contributed by atoms with E-state index in [9.17, 15) is 4.79 Å². The number of rotatable bonds is 6. The predicted molar refractivity (Wildman–Crippen MR) is 92.3 cm³/mol. The Morgan fingerprint density at radius 3 is 2.88 bits per heavy atom. The van der Waals surface area contributed by atoms with Gasteiger partial charge in [-0.25, -0.2) is 0 Å². The molecule has 0 radical (unpaired) electrons. The summed E-state index contributed by atoms with van der Waals surface area (Å²) in [4.78, 5) is 17.0. The van der Waals surface area contributed by atoms with Crippen molar-refractivity contribution in [1.82, 2.24) is 30.1 Å². The third kappa shape index (κ3) is 3.95. The number of fused-ring (bicyclic) bond motifs is 3. The largest absolute Gasteiger partial charge is 0.354 e. The van der Waals surface area contributed by atoms with E-state index in [1.165, 1.54) is 0 Å². The smallest absolute Gasteiger partial charge is 0.224 e. The van der Waals surface area contributed by atoms with Crippen LogP contribution in [0.15, 0.2) is 6.20 Å². The quantitative estimate of drug-likeness (QED) is 0.824. The van der Waals surface area contributed by atoms with Crippen molar-refractivity contribution in [2.45, 2.75) is 51.9 Å². The van der Waals surface area contributed by atoms with Gasteiger partial charge in [-0.3, -0.25) is 14.4 Å². The normalized spacial score (nSPS) is 29.4. The zero-order valence-electron chi connectivity index (χ0n) is 15.3. The van der Waals surface area contributed by atoms with Gasteiger partial charge in [0.2, 0.25) is 5.91 Å². The van der Waals surface area contributed by atoms with Gasteiger partial charge in [-0.1, -0.05) is 5.21 Å². The molecule has 24 heavy (non-hydrogen) atoms. The van der Waals surface area contributed by atoms with Crippen molar-refractivity contribution in [3.05, 3.63) is 11.9 Å². The molecular weight excluding hydrogens is 304 g/mol. The number of carbonyl (C=O) groups excluding carboxylic acids is 1. The number of nitrogens with zero attached hydrogens (tertiary/aromatic N) is 5. The van der Waals surface area contributed by atoms with Crippen molar-refractivity contribution in [3.8, 4) is 0 Å². The third-order valence-electron chi connectivity index (χ3n) is 5.11. The van der Waals surface area contributed by atoms with Crippen molar-refractivity contribution >= 4 is 5.91 Å². The van der Waals surface area contributed by atoms with Crippen molar-refractivity contribution in [3.63, 3.8) is 0 Å². The molecule has 0 aromatic carbocycles. The summed E-state index contributed by atoms with van der Waals surface area (Å²) >= 11 is 0. The second-order valence-corrected chi connectivity index (χ2v) is 7.87. The standard InChI is InChI=1S/C17H30N6O/c1-12(2)18-17(24)16-11-22-6-5-13(16)7-15(22)10-23-9-14(19-20-23)8-21(3)4/h9,12-13,15-16H,5-8,10-11H2,1-4H3,(H,18,24). The Balaban J connectivity index is 1.58. The van der Waals surface area contributed by atoms with E-state index in [0.717, 1.165) is 44.7 Å². The van der Waals surface area contributed by atoms with E-state index in [0.29, 0.717) is 12.0 Å². The first-order valence-electron chi connectivity index (χ1n) is 9.00.